The van der Waals surface area contributed by atoms with Crippen molar-refractivity contribution in [3.8, 4) is 33.8 Å². The van der Waals surface area contributed by atoms with Gasteiger partial charge in [0, 0.05) is 52.8 Å². The summed E-state index contributed by atoms with van der Waals surface area (Å²) in [5.41, 5.74) is 7.91. The highest BCUT2D eigenvalue weighted by Gasteiger charge is 2.25. The molecule has 0 bridgehead atoms. The Balaban J connectivity index is 1.26. The SMILES string of the molecule is OC(Nc1cncc(-c2ccc3[nH]nc(-c4nc5c(-c6cccnc6)cncc5[nH]4)c3c2)c1)C1CCC1. The second kappa shape index (κ2) is 8.79. The number of nitrogens with one attached hydrogen (secondary N) is 3. The number of pyridine rings is 3. The van der Waals surface area contributed by atoms with Crippen LogP contribution in [-0.2, 0) is 0 Å². The van der Waals surface area contributed by atoms with E-state index in [2.05, 4.69) is 41.5 Å². The summed E-state index contributed by atoms with van der Waals surface area (Å²) < 4.78 is 0. The van der Waals surface area contributed by atoms with E-state index < -0.39 is 6.23 Å². The van der Waals surface area contributed by atoms with E-state index in [1.54, 1.807) is 24.8 Å². The van der Waals surface area contributed by atoms with Crippen LogP contribution in [0.25, 0.3) is 55.7 Å². The van der Waals surface area contributed by atoms with Crippen LogP contribution in [0.2, 0.25) is 0 Å². The van der Waals surface area contributed by atoms with Crippen molar-refractivity contribution in [1.29, 1.82) is 0 Å². The maximum absolute atomic E-state index is 10.4. The molecule has 0 spiro atoms. The van der Waals surface area contributed by atoms with Crippen LogP contribution in [0, 0.1) is 5.92 Å². The number of fused-ring (bicyclic) bond motifs is 2. The average molecular weight is 489 g/mol. The van der Waals surface area contributed by atoms with Crippen molar-refractivity contribution in [2.24, 2.45) is 5.92 Å². The van der Waals surface area contributed by atoms with Crippen LogP contribution >= 0.6 is 0 Å². The molecule has 1 aliphatic carbocycles. The number of hydrogen-bond donors (Lipinski definition) is 4. The van der Waals surface area contributed by atoms with Crippen LogP contribution in [0.5, 0.6) is 0 Å². The van der Waals surface area contributed by atoms with Crippen molar-refractivity contribution in [1.82, 2.24) is 35.1 Å². The van der Waals surface area contributed by atoms with E-state index in [0.717, 1.165) is 68.4 Å². The monoisotopic (exact) mass is 488 g/mol. The van der Waals surface area contributed by atoms with Crippen molar-refractivity contribution in [2.45, 2.75) is 25.5 Å². The molecule has 9 heteroatoms. The number of aromatic nitrogens is 7. The van der Waals surface area contributed by atoms with Crippen LogP contribution in [0.15, 0.2) is 73.6 Å². The minimum Gasteiger partial charge on any atom is -0.374 e. The highest BCUT2D eigenvalue weighted by atomic mass is 16.3. The van der Waals surface area contributed by atoms with E-state index in [9.17, 15) is 5.11 Å². The van der Waals surface area contributed by atoms with Gasteiger partial charge in [-0.05, 0) is 42.7 Å². The summed E-state index contributed by atoms with van der Waals surface area (Å²) in [5.74, 6) is 0.972. The first-order valence-electron chi connectivity index (χ1n) is 12.4. The van der Waals surface area contributed by atoms with Crippen molar-refractivity contribution in [3.63, 3.8) is 0 Å². The summed E-state index contributed by atoms with van der Waals surface area (Å²) in [6, 6.07) is 12.0. The molecule has 1 fully saturated rings. The third-order valence-electron chi connectivity index (χ3n) is 7.14. The first kappa shape index (κ1) is 21.6. The molecule has 1 aromatic carbocycles. The Labute approximate surface area is 212 Å². The van der Waals surface area contributed by atoms with Gasteiger partial charge in [-0.1, -0.05) is 18.6 Å². The zero-order valence-electron chi connectivity index (χ0n) is 19.9. The van der Waals surface area contributed by atoms with Gasteiger partial charge in [0.15, 0.2) is 5.82 Å². The molecule has 0 saturated heterocycles. The Morgan fingerprint density at radius 3 is 2.62 bits per heavy atom. The Morgan fingerprint density at radius 1 is 0.892 bits per heavy atom. The van der Waals surface area contributed by atoms with Crippen LogP contribution in [0.4, 0.5) is 5.69 Å². The Kier molecular flexibility index (Phi) is 5.14. The maximum atomic E-state index is 10.4. The van der Waals surface area contributed by atoms with Gasteiger partial charge >= 0.3 is 0 Å². The maximum Gasteiger partial charge on any atom is 0.159 e. The predicted molar refractivity (Wildman–Crippen MR) is 142 cm³/mol. The third-order valence-corrected chi connectivity index (χ3v) is 7.14. The number of aliphatic hydroxyl groups excluding tert-OH is 1. The fourth-order valence-electron chi connectivity index (χ4n) is 4.87. The van der Waals surface area contributed by atoms with Crippen LogP contribution in [-0.4, -0.2) is 46.5 Å². The molecule has 1 unspecified atom stereocenters. The molecule has 1 aliphatic rings. The zero-order chi connectivity index (χ0) is 24.8. The van der Waals surface area contributed by atoms with E-state index in [4.69, 9.17) is 4.98 Å². The summed E-state index contributed by atoms with van der Waals surface area (Å²) in [5, 5.41) is 22.3. The van der Waals surface area contributed by atoms with Gasteiger partial charge in [-0.2, -0.15) is 5.10 Å². The van der Waals surface area contributed by atoms with E-state index in [-0.39, 0.29) is 0 Å². The number of anilines is 1. The van der Waals surface area contributed by atoms with Gasteiger partial charge in [0.1, 0.15) is 17.4 Å². The molecule has 1 atom stereocenters. The van der Waals surface area contributed by atoms with Crippen molar-refractivity contribution in [3.05, 3.63) is 73.6 Å². The number of hydrogen-bond acceptors (Lipinski definition) is 7. The lowest BCUT2D eigenvalue weighted by Gasteiger charge is -2.31. The number of H-pyrrole nitrogens is 2. The number of benzene rings is 1. The number of aromatic amines is 2. The van der Waals surface area contributed by atoms with Gasteiger partial charge in [0.25, 0.3) is 0 Å². The molecule has 5 aromatic heterocycles. The topological polar surface area (TPSA) is 128 Å². The Bertz CT molecular complexity index is 1720. The van der Waals surface area contributed by atoms with Gasteiger partial charge in [0.2, 0.25) is 0 Å². The highest BCUT2D eigenvalue weighted by molar-refractivity contribution is 5.98. The van der Waals surface area contributed by atoms with Crippen LogP contribution < -0.4 is 5.32 Å². The molecule has 0 aliphatic heterocycles. The minimum absolute atomic E-state index is 0.311. The predicted octanol–water partition coefficient (Wildman–Crippen LogP) is 5.16. The molecule has 0 amide bonds. The first-order valence-corrected chi connectivity index (χ1v) is 12.4. The van der Waals surface area contributed by atoms with Gasteiger partial charge in [0.05, 0.1) is 29.1 Å². The summed E-state index contributed by atoms with van der Waals surface area (Å²) in [7, 11) is 0. The smallest absolute Gasteiger partial charge is 0.159 e. The third kappa shape index (κ3) is 3.89. The number of nitrogens with zero attached hydrogens (tertiary/aromatic N) is 5. The molecule has 5 heterocycles. The Hall–Kier alpha value is -4.63. The van der Waals surface area contributed by atoms with E-state index in [0.29, 0.717) is 11.7 Å². The second-order valence-electron chi connectivity index (χ2n) is 9.49. The van der Waals surface area contributed by atoms with E-state index in [1.807, 2.05) is 42.7 Å². The van der Waals surface area contributed by atoms with Gasteiger partial charge in [-0.15, -0.1) is 0 Å². The highest BCUT2D eigenvalue weighted by Crippen LogP contribution is 2.34. The molecule has 0 radical (unpaired) electrons. The van der Waals surface area contributed by atoms with Gasteiger partial charge in [-0.25, -0.2) is 4.98 Å². The lowest BCUT2D eigenvalue weighted by atomic mass is 9.84. The molecule has 6 aromatic rings. The number of aliphatic hydroxyl groups is 1. The summed E-state index contributed by atoms with van der Waals surface area (Å²) in [4.78, 5) is 21.3. The summed E-state index contributed by atoms with van der Waals surface area (Å²) >= 11 is 0. The molecular formula is C28H24N8O. The first-order chi connectivity index (χ1) is 18.2. The number of imidazole rings is 1. The molecule has 182 valence electrons. The average Bonchev–Trinajstić information content (AvgIpc) is 3.52. The van der Waals surface area contributed by atoms with Crippen molar-refractivity contribution in [2.75, 3.05) is 5.32 Å². The zero-order valence-corrected chi connectivity index (χ0v) is 19.9. The minimum atomic E-state index is -0.548. The fraction of sp³-hybridized carbons (Fsp3) is 0.179. The second-order valence-corrected chi connectivity index (χ2v) is 9.49. The quantitative estimate of drug-likeness (QED) is 0.239. The standard InChI is InChI=1S/C28H24N8O/c37-28(16-3-1-4-16)32-20-9-19(12-30-13-20)17-6-7-23-21(10-17)26(36-35-23)27-33-24-15-31-14-22(25(24)34-27)18-5-2-8-29-11-18/h2,5-16,28,32,37H,1,3-4H2,(H,33,34)(H,35,36). The summed E-state index contributed by atoms with van der Waals surface area (Å²) in [6.07, 6.45) is 13.5. The fourth-order valence-corrected chi connectivity index (χ4v) is 4.87. The van der Waals surface area contributed by atoms with Crippen LogP contribution in [0.3, 0.4) is 0 Å². The lowest BCUT2D eigenvalue weighted by molar-refractivity contribution is 0.0851. The molecule has 9 nitrogen and oxygen atoms in total. The molecule has 7 rings (SSSR count). The van der Waals surface area contributed by atoms with Crippen molar-refractivity contribution < 1.29 is 5.11 Å². The lowest BCUT2D eigenvalue weighted by Crippen LogP contribution is -2.33. The molecule has 4 N–H and O–H groups in total. The largest absolute Gasteiger partial charge is 0.374 e. The summed E-state index contributed by atoms with van der Waals surface area (Å²) in [6.45, 7) is 0. The molecule has 37 heavy (non-hydrogen) atoms. The van der Waals surface area contributed by atoms with E-state index >= 15 is 0 Å². The number of rotatable bonds is 6. The van der Waals surface area contributed by atoms with Crippen molar-refractivity contribution >= 4 is 27.6 Å². The Morgan fingerprint density at radius 2 is 1.78 bits per heavy atom. The molecule has 1 saturated carbocycles. The normalized spacial score (nSPS) is 14.6. The van der Waals surface area contributed by atoms with E-state index in [1.165, 1.54) is 6.42 Å². The molecular weight excluding hydrogens is 464 g/mol. The van der Waals surface area contributed by atoms with Gasteiger partial charge in [-0.3, -0.25) is 20.1 Å². The van der Waals surface area contributed by atoms with Gasteiger partial charge < -0.3 is 15.4 Å². The van der Waals surface area contributed by atoms with Crippen LogP contribution in [0.1, 0.15) is 19.3 Å².